The Hall–Kier alpha value is -1.95. The van der Waals surface area contributed by atoms with E-state index < -0.39 is 16.6 Å². The normalized spacial score (nSPS) is 26.6. The molecule has 5 rings (SSSR count). The number of aliphatic hydroxyl groups is 1. The second-order valence-electron chi connectivity index (χ2n) is 9.42. The summed E-state index contributed by atoms with van der Waals surface area (Å²) in [5, 5.41) is 11.8. The van der Waals surface area contributed by atoms with E-state index in [1.165, 1.54) is 12.1 Å². The van der Waals surface area contributed by atoms with Crippen LogP contribution in [-0.2, 0) is 20.5 Å². The number of carbonyl (C=O) groups is 1. The van der Waals surface area contributed by atoms with Crippen molar-refractivity contribution in [3.63, 3.8) is 0 Å². The molecule has 1 saturated carbocycles. The lowest BCUT2D eigenvalue weighted by atomic mass is 9.63. The van der Waals surface area contributed by atoms with Crippen LogP contribution in [-0.4, -0.2) is 41.2 Å². The quantitative estimate of drug-likeness (QED) is 0.756. The summed E-state index contributed by atoms with van der Waals surface area (Å²) in [6.07, 6.45) is 4.65. The van der Waals surface area contributed by atoms with Crippen molar-refractivity contribution in [1.82, 2.24) is 4.90 Å². The minimum absolute atomic E-state index is 0.196. The number of piperidine rings is 1. The number of halogens is 2. The predicted octanol–water partition coefficient (Wildman–Crippen LogP) is 4.57. The first-order valence-electron chi connectivity index (χ1n) is 11.0. The van der Waals surface area contributed by atoms with Gasteiger partial charge in [0.2, 0.25) is 5.91 Å². The van der Waals surface area contributed by atoms with Crippen molar-refractivity contribution < 1.29 is 19.0 Å². The molecule has 1 atom stereocenters. The first kappa shape index (κ1) is 20.9. The molecule has 1 unspecified atom stereocenters. The fraction of sp³-hybridized carbons (Fsp3) is 0.480. The van der Waals surface area contributed by atoms with Gasteiger partial charge in [-0.1, -0.05) is 42.3 Å². The molecule has 2 aliphatic heterocycles. The summed E-state index contributed by atoms with van der Waals surface area (Å²) in [5.74, 6) is -0.124. The molecule has 164 valence electrons. The van der Waals surface area contributed by atoms with Crippen LogP contribution < -0.4 is 0 Å². The Morgan fingerprint density at radius 2 is 1.58 bits per heavy atom. The van der Waals surface area contributed by atoms with Crippen molar-refractivity contribution >= 4 is 17.5 Å². The van der Waals surface area contributed by atoms with Gasteiger partial charge in [0.25, 0.3) is 0 Å². The minimum Gasteiger partial charge on any atom is -0.383 e. The Balaban J connectivity index is 1.28. The van der Waals surface area contributed by atoms with Crippen LogP contribution in [0.5, 0.6) is 0 Å². The van der Waals surface area contributed by atoms with Crippen molar-refractivity contribution in [3.05, 3.63) is 70.5 Å². The standard InChI is InChI=1S/C25H27ClFNO3/c26-20-6-2-18(3-7-20)24(10-1-11-24)22(29)28-14-12-23(13-15-28)16-25(30,17-31-23)19-4-8-21(27)9-5-19/h2-9,30H,1,10-17H2. The number of rotatable bonds is 3. The average Bonchev–Trinajstić information content (AvgIpc) is 3.07. The Kier molecular flexibility index (Phi) is 5.11. The molecule has 1 N–H and O–H groups in total. The highest BCUT2D eigenvalue weighted by Gasteiger charge is 2.53. The lowest BCUT2D eigenvalue weighted by Crippen LogP contribution is -2.55. The van der Waals surface area contributed by atoms with Crippen LogP contribution in [0.1, 0.15) is 49.7 Å². The molecular formula is C25H27ClFNO3. The van der Waals surface area contributed by atoms with Crippen molar-refractivity contribution in [2.45, 2.75) is 55.1 Å². The molecule has 1 spiro atoms. The molecular weight excluding hydrogens is 417 g/mol. The zero-order valence-corrected chi connectivity index (χ0v) is 18.2. The van der Waals surface area contributed by atoms with Crippen molar-refractivity contribution in [1.29, 1.82) is 0 Å². The Morgan fingerprint density at radius 1 is 0.968 bits per heavy atom. The van der Waals surface area contributed by atoms with Gasteiger partial charge in [0.15, 0.2) is 0 Å². The van der Waals surface area contributed by atoms with Gasteiger partial charge in [-0.15, -0.1) is 0 Å². The van der Waals surface area contributed by atoms with E-state index in [9.17, 15) is 14.3 Å². The maximum atomic E-state index is 13.5. The van der Waals surface area contributed by atoms with Crippen LogP contribution >= 0.6 is 11.6 Å². The average molecular weight is 444 g/mol. The number of hydrogen-bond acceptors (Lipinski definition) is 3. The number of amides is 1. The molecule has 2 aromatic carbocycles. The van der Waals surface area contributed by atoms with Gasteiger partial charge in [0.1, 0.15) is 11.4 Å². The van der Waals surface area contributed by atoms with Crippen LogP contribution in [0.15, 0.2) is 48.5 Å². The van der Waals surface area contributed by atoms with Crippen molar-refractivity contribution in [3.8, 4) is 0 Å². The number of likely N-dealkylation sites (tertiary alicyclic amines) is 1. The second kappa shape index (κ2) is 7.58. The summed E-state index contributed by atoms with van der Waals surface area (Å²) in [6, 6.07) is 13.7. The maximum absolute atomic E-state index is 13.5. The monoisotopic (exact) mass is 443 g/mol. The fourth-order valence-electron chi connectivity index (χ4n) is 5.52. The maximum Gasteiger partial charge on any atom is 0.233 e. The molecule has 2 heterocycles. The highest BCUT2D eigenvalue weighted by molar-refractivity contribution is 6.30. The molecule has 2 saturated heterocycles. The minimum atomic E-state index is -1.11. The number of hydrogen-bond donors (Lipinski definition) is 1. The van der Waals surface area contributed by atoms with Crippen LogP contribution in [0, 0.1) is 5.82 Å². The number of ether oxygens (including phenoxy) is 1. The highest BCUT2D eigenvalue weighted by atomic mass is 35.5. The smallest absolute Gasteiger partial charge is 0.233 e. The van der Waals surface area contributed by atoms with E-state index in [2.05, 4.69) is 0 Å². The van der Waals surface area contributed by atoms with Crippen LogP contribution in [0.4, 0.5) is 4.39 Å². The summed E-state index contributed by atoms with van der Waals surface area (Å²) in [7, 11) is 0. The van der Waals surface area contributed by atoms with Gasteiger partial charge < -0.3 is 14.7 Å². The first-order chi connectivity index (χ1) is 14.8. The molecule has 0 aromatic heterocycles. The third kappa shape index (κ3) is 3.57. The van der Waals surface area contributed by atoms with Gasteiger partial charge in [-0.2, -0.15) is 0 Å². The third-order valence-electron chi connectivity index (χ3n) is 7.59. The van der Waals surface area contributed by atoms with Crippen LogP contribution in [0.2, 0.25) is 5.02 Å². The molecule has 31 heavy (non-hydrogen) atoms. The van der Waals surface area contributed by atoms with E-state index >= 15 is 0 Å². The molecule has 6 heteroatoms. The van der Waals surface area contributed by atoms with E-state index in [4.69, 9.17) is 16.3 Å². The lowest BCUT2D eigenvalue weighted by Gasteiger charge is -2.47. The molecule has 3 fully saturated rings. The molecule has 4 nitrogen and oxygen atoms in total. The van der Waals surface area contributed by atoms with Crippen LogP contribution in [0.25, 0.3) is 0 Å². The molecule has 0 radical (unpaired) electrons. The Bertz CT molecular complexity index is 965. The summed E-state index contributed by atoms with van der Waals surface area (Å²) < 4.78 is 19.4. The van der Waals surface area contributed by atoms with Gasteiger partial charge in [-0.3, -0.25) is 4.79 Å². The fourth-order valence-corrected chi connectivity index (χ4v) is 5.65. The van der Waals surface area contributed by atoms with E-state index in [1.807, 2.05) is 29.2 Å². The topological polar surface area (TPSA) is 49.8 Å². The van der Waals surface area contributed by atoms with Crippen LogP contribution in [0.3, 0.4) is 0 Å². The van der Waals surface area contributed by atoms with E-state index in [1.54, 1.807) is 12.1 Å². The zero-order chi connectivity index (χ0) is 21.7. The van der Waals surface area contributed by atoms with E-state index in [0.717, 1.165) is 24.8 Å². The SMILES string of the molecule is O=C(N1CCC2(CC1)CC(O)(c1ccc(F)cc1)CO2)C1(c2ccc(Cl)cc2)CCC1. The Labute approximate surface area is 187 Å². The molecule has 2 aromatic rings. The van der Waals surface area contributed by atoms with Gasteiger partial charge >= 0.3 is 0 Å². The number of carbonyl (C=O) groups excluding carboxylic acids is 1. The predicted molar refractivity (Wildman–Crippen MR) is 116 cm³/mol. The largest absolute Gasteiger partial charge is 0.383 e. The van der Waals surface area contributed by atoms with Gasteiger partial charge in [-0.25, -0.2) is 4.39 Å². The van der Waals surface area contributed by atoms with Gasteiger partial charge in [-0.05, 0) is 61.1 Å². The van der Waals surface area contributed by atoms with Crippen molar-refractivity contribution in [2.75, 3.05) is 19.7 Å². The molecule has 3 aliphatic rings. The molecule has 1 aliphatic carbocycles. The van der Waals surface area contributed by atoms with E-state index in [0.29, 0.717) is 42.9 Å². The zero-order valence-electron chi connectivity index (χ0n) is 17.4. The third-order valence-corrected chi connectivity index (χ3v) is 7.84. The summed E-state index contributed by atoms with van der Waals surface area (Å²) in [4.78, 5) is 15.5. The Morgan fingerprint density at radius 3 is 2.16 bits per heavy atom. The first-order valence-corrected chi connectivity index (χ1v) is 11.4. The summed E-state index contributed by atoms with van der Waals surface area (Å²) >= 11 is 6.05. The number of nitrogens with zero attached hydrogens (tertiary/aromatic N) is 1. The summed E-state index contributed by atoms with van der Waals surface area (Å²) in [5.41, 5.74) is -0.247. The highest BCUT2D eigenvalue weighted by Crippen LogP contribution is 2.48. The molecule has 0 bridgehead atoms. The van der Waals surface area contributed by atoms with Gasteiger partial charge in [0.05, 0.1) is 17.6 Å². The summed E-state index contributed by atoms with van der Waals surface area (Å²) in [6.45, 7) is 1.43. The second-order valence-corrected chi connectivity index (χ2v) is 9.86. The molecule has 1 amide bonds. The van der Waals surface area contributed by atoms with Crippen molar-refractivity contribution in [2.24, 2.45) is 0 Å². The van der Waals surface area contributed by atoms with E-state index in [-0.39, 0.29) is 18.3 Å². The number of benzene rings is 2. The lowest BCUT2D eigenvalue weighted by molar-refractivity contribution is -0.145. The van der Waals surface area contributed by atoms with Gasteiger partial charge in [0, 0.05) is 24.5 Å².